The molecule has 2 atom stereocenters. The molecule has 0 heterocycles. The molecule has 2 heteroatoms. The standard InChI is InChI=1S/C13H21Si.C11H17.Mg/c1-6-13(2,3)12-8-7-11(9-12)10-14(4)5;1-5-11(3,4)10-7-6-9(2)8-10;/h8-11H,6H2,1-5H3;7-9H,5H2,1-4H3;. The molecule has 140 valence electrons. The first-order valence-corrected chi connectivity index (χ1v) is 14.5. The van der Waals surface area contributed by atoms with Crippen LogP contribution in [0.4, 0.5) is 0 Å². The molecule has 0 aromatic rings. The average Bonchev–Trinajstić information content (AvgIpc) is 3.12. The highest BCUT2D eigenvalue weighted by atomic mass is 28.2. The lowest BCUT2D eigenvalue weighted by molar-refractivity contribution is 0.439. The fraction of sp³-hybridized carbons (Fsp3) is 0.625. The molecule has 0 bridgehead atoms. The minimum absolute atomic E-state index is 0.305. The molecule has 0 fully saturated rings. The van der Waals surface area contributed by atoms with E-state index in [0.717, 1.165) is 0 Å². The lowest BCUT2D eigenvalue weighted by atomic mass is 9.82. The Bertz CT molecular complexity index is 694. The van der Waals surface area contributed by atoms with Crippen LogP contribution in [0.3, 0.4) is 0 Å². The molecule has 2 rings (SSSR count). The summed E-state index contributed by atoms with van der Waals surface area (Å²) in [6, 6.07) is 0. The highest BCUT2D eigenvalue weighted by Crippen LogP contribution is 2.41. The van der Waals surface area contributed by atoms with Gasteiger partial charge in [0.05, 0.1) is 0 Å². The van der Waals surface area contributed by atoms with Crippen molar-refractivity contribution in [3.8, 4) is 0 Å². The molecule has 26 heavy (non-hydrogen) atoms. The Morgan fingerprint density at radius 1 is 0.923 bits per heavy atom. The van der Waals surface area contributed by atoms with Gasteiger partial charge in [-0.3, -0.25) is 0 Å². The minimum atomic E-state index is -0.365. The summed E-state index contributed by atoms with van der Waals surface area (Å²) >= 11 is -0.365. The summed E-state index contributed by atoms with van der Waals surface area (Å²) < 4.78 is 3.51. The molecule has 0 saturated heterocycles. The van der Waals surface area contributed by atoms with E-state index in [9.17, 15) is 0 Å². The van der Waals surface area contributed by atoms with E-state index in [-0.39, 0.29) is 28.8 Å². The summed E-state index contributed by atoms with van der Waals surface area (Å²) in [6.45, 7) is 21.5. The van der Waals surface area contributed by atoms with E-state index in [1.807, 2.05) is 0 Å². The van der Waals surface area contributed by atoms with E-state index < -0.39 is 0 Å². The first-order chi connectivity index (χ1) is 12.0. The Hall–Kier alpha value is -0.187. The normalized spacial score (nSPS) is 23.1. The Morgan fingerprint density at radius 3 is 1.92 bits per heavy atom. The molecular formula is C24H38MgSi. The number of hydrogen-bond acceptors (Lipinski definition) is 0. The molecule has 0 N–H and O–H groups in total. The molecule has 2 aliphatic rings. The predicted molar refractivity (Wildman–Crippen MR) is 122 cm³/mol. The molecule has 0 spiro atoms. The van der Waals surface area contributed by atoms with E-state index >= 15 is 0 Å². The molecule has 0 amide bonds. The zero-order valence-corrected chi connectivity index (χ0v) is 21.1. The molecule has 2 aliphatic carbocycles. The predicted octanol–water partition coefficient (Wildman–Crippen LogP) is 6.60. The van der Waals surface area contributed by atoms with Gasteiger partial charge in [-0.15, -0.1) is 0 Å². The molecule has 0 aromatic heterocycles. The lowest BCUT2D eigenvalue weighted by Gasteiger charge is -2.23. The highest BCUT2D eigenvalue weighted by molar-refractivity contribution is 6.65. The van der Waals surface area contributed by atoms with Crippen LogP contribution in [-0.2, 0) is 0 Å². The number of rotatable bonds is 7. The summed E-state index contributed by atoms with van der Waals surface area (Å²) in [5, 5.41) is 0. The number of hydrogen-bond donors (Lipinski definition) is 0. The average molecular weight is 379 g/mol. The zero-order chi connectivity index (χ0) is 19.7. The van der Waals surface area contributed by atoms with Crippen LogP contribution >= 0.6 is 0 Å². The smallest absolute Gasteiger partial charge is 0.179 e. The van der Waals surface area contributed by atoms with Gasteiger partial charge in [0.1, 0.15) is 0 Å². The van der Waals surface area contributed by atoms with E-state index in [4.69, 9.17) is 0 Å². The highest BCUT2D eigenvalue weighted by Gasteiger charge is 2.30. The van der Waals surface area contributed by atoms with Crippen LogP contribution in [0.15, 0.2) is 42.9 Å². The van der Waals surface area contributed by atoms with Crippen LogP contribution in [0.1, 0.15) is 61.3 Å². The first kappa shape index (κ1) is 22.1. The Labute approximate surface area is 173 Å². The minimum Gasteiger partial charge on any atom is -0.179 e. The van der Waals surface area contributed by atoms with Crippen LogP contribution in [0.25, 0.3) is 0 Å². The first-order valence-electron chi connectivity index (χ1n) is 10.5. The summed E-state index contributed by atoms with van der Waals surface area (Å²) in [5.41, 5.74) is 6.44. The second-order valence-corrected chi connectivity index (χ2v) is 14.4. The largest absolute Gasteiger partial charge is 0.439 e. The second kappa shape index (κ2) is 8.45. The third kappa shape index (κ3) is 4.99. The lowest BCUT2D eigenvalue weighted by Crippen LogP contribution is -2.14. The fourth-order valence-electron chi connectivity index (χ4n) is 3.78. The van der Waals surface area contributed by atoms with E-state index in [0.29, 0.717) is 22.7 Å². The van der Waals surface area contributed by atoms with Crippen molar-refractivity contribution in [2.24, 2.45) is 22.7 Å². The van der Waals surface area contributed by atoms with Crippen molar-refractivity contribution in [2.75, 3.05) is 0 Å². The molecule has 2 unspecified atom stereocenters. The van der Waals surface area contributed by atoms with Gasteiger partial charge in [0.15, 0.2) is 0 Å². The number of allylic oxidation sites excluding steroid dienone is 8. The van der Waals surface area contributed by atoms with Crippen LogP contribution in [0.5, 0.6) is 0 Å². The maximum Gasteiger partial charge on any atom is 0.439 e. The van der Waals surface area contributed by atoms with Crippen molar-refractivity contribution in [3.63, 3.8) is 0 Å². The van der Waals surface area contributed by atoms with Gasteiger partial charge in [0.25, 0.3) is 0 Å². The Kier molecular flexibility index (Phi) is 7.18. The van der Waals surface area contributed by atoms with E-state index in [2.05, 4.69) is 91.5 Å². The van der Waals surface area contributed by atoms with Gasteiger partial charge in [0.2, 0.25) is 0 Å². The van der Waals surface area contributed by atoms with Crippen LogP contribution < -0.4 is 0 Å². The molecule has 0 aliphatic heterocycles. The third-order valence-corrected chi connectivity index (χ3v) is 10.1. The van der Waals surface area contributed by atoms with E-state index in [1.165, 1.54) is 12.8 Å². The summed E-state index contributed by atoms with van der Waals surface area (Å²) in [5.74, 6) is 1.25. The molecule has 0 aromatic carbocycles. The fourth-order valence-corrected chi connectivity index (χ4v) is 7.07. The van der Waals surface area contributed by atoms with Crippen LogP contribution in [0.2, 0.25) is 13.1 Å². The van der Waals surface area contributed by atoms with Crippen molar-refractivity contribution in [3.05, 3.63) is 42.9 Å². The van der Waals surface area contributed by atoms with Gasteiger partial charge in [-0.25, -0.2) is 0 Å². The monoisotopic (exact) mass is 378 g/mol. The van der Waals surface area contributed by atoms with Crippen molar-refractivity contribution < 1.29 is 0 Å². The molecule has 0 nitrogen and oxygen atoms in total. The van der Waals surface area contributed by atoms with Gasteiger partial charge in [0, 0.05) is 0 Å². The quantitative estimate of drug-likeness (QED) is 0.437. The Balaban J connectivity index is 2.29. The van der Waals surface area contributed by atoms with Gasteiger partial charge < -0.3 is 0 Å². The van der Waals surface area contributed by atoms with Gasteiger partial charge >= 0.3 is 20.4 Å². The van der Waals surface area contributed by atoms with Gasteiger partial charge in [-0.05, 0) is 55.1 Å². The van der Waals surface area contributed by atoms with Crippen LogP contribution in [0, 0.1) is 22.7 Å². The molecular weight excluding hydrogens is 341 g/mol. The SMILES string of the molecule is CCC(C)(C)C1=CC(C)[C]([Mg][C]2=CC(C(C)(C)CC)=CC2C=[Si](C)C)=C1. The Morgan fingerprint density at radius 2 is 1.42 bits per heavy atom. The van der Waals surface area contributed by atoms with Gasteiger partial charge in [-0.1, -0.05) is 91.5 Å². The molecule has 0 radical (unpaired) electrons. The molecule has 0 saturated carbocycles. The van der Waals surface area contributed by atoms with Gasteiger partial charge in [-0.2, -0.15) is 7.40 Å². The van der Waals surface area contributed by atoms with E-state index in [1.54, 1.807) is 18.6 Å². The maximum absolute atomic E-state index is 2.66. The van der Waals surface area contributed by atoms with Crippen molar-refractivity contribution in [1.82, 2.24) is 0 Å². The topological polar surface area (TPSA) is 0 Å². The summed E-state index contributed by atoms with van der Waals surface area (Å²) in [6.07, 6.45) is 12.7. The third-order valence-electron chi connectivity index (χ3n) is 6.74. The van der Waals surface area contributed by atoms with Crippen molar-refractivity contribution in [2.45, 2.75) is 74.4 Å². The summed E-state index contributed by atoms with van der Waals surface area (Å²) in [4.78, 5) is 0. The van der Waals surface area contributed by atoms with Crippen molar-refractivity contribution >= 4 is 34.4 Å². The second-order valence-electron chi connectivity index (χ2n) is 9.89. The zero-order valence-electron chi connectivity index (χ0n) is 18.7. The van der Waals surface area contributed by atoms with Crippen LogP contribution in [-0.4, -0.2) is 34.4 Å². The summed E-state index contributed by atoms with van der Waals surface area (Å²) in [7, 11) is -0.329. The maximum atomic E-state index is 2.66. The van der Waals surface area contributed by atoms with Crippen molar-refractivity contribution in [1.29, 1.82) is 0 Å².